The van der Waals surface area contributed by atoms with Gasteiger partial charge in [-0.2, -0.15) is 0 Å². The topological polar surface area (TPSA) is 69.2 Å². The molecule has 3 aliphatic heterocycles. The monoisotopic (exact) mass is 495 g/mol. The second kappa shape index (κ2) is 8.53. The number of aliphatic imine (C=N–C) groups is 1. The fraction of sp³-hybridized carbons (Fsp3) is 0.385. The second-order valence-corrected chi connectivity index (χ2v) is 10.2. The molecule has 1 aliphatic carbocycles. The lowest BCUT2D eigenvalue weighted by atomic mass is 10.1. The lowest BCUT2D eigenvalue weighted by Crippen LogP contribution is -2.51. The van der Waals surface area contributed by atoms with E-state index in [1.165, 1.54) is 18.9 Å². The molecule has 9 heteroatoms. The summed E-state index contributed by atoms with van der Waals surface area (Å²) in [5.74, 6) is 2.61. The van der Waals surface area contributed by atoms with E-state index in [1.807, 2.05) is 29.2 Å². The number of piperidine rings is 1. The second-order valence-electron chi connectivity index (χ2n) is 9.72. The Bertz CT molecular complexity index is 1250. The van der Waals surface area contributed by atoms with E-state index in [2.05, 4.69) is 15.6 Å². The maximum atomic E-state index is 14.5. The van der Waals surface area contributed by atoms with Crippen LogP contribution in [0.25, 0.3) is 0 Å². The minimum atomic E-state index is -0.392. The number of ether oxygens (including phenoxy) is 1. The molecule has 1 amide bonds. The molecule has 0 aromatic heterocycles. The van der Waals surface area contributed by atoms with Gasteiger partial charge in [-0.3, -0.25) is 9.79 Å². The molecule has 7 nitrogen and oxygen atoms in total. The molecule has 0 bridgehead atoms. The third-order valence-electron chi connectivity index (χ3n) is 7.52. The van der Waals surface area contributed by atoms with Gasteiger partial charge >= 0.3 is 0 Å². The smallest absolute Gasteiger partial charge is 0.246 e. The molecule has 1 saturated carbocycles. The van der Waals surface area contributed by atoms with Gasteiger partial charge in [0.05, 0.1) is 24.3 Å². The summed E-state index contributed by atoms with van der Waals surface area (Å²) >= 11 is 5.91. The first-order valence-corrected chi connectivity index (χ1v) is 12.3. The van der Waals surface area contributed by atoms with Gasteiger partial charge in [-0.05, 0) is 61.7 Å². The number of fused-ring (bicyclic) bond motifs is 1. The lowest BCUT2D eigenvalue weighted by Gasteiger charge is -2.39. The van der Waals surface area contributed by atoms with Crippen molar-refractivity contribution in [1.82, 2.24) is 20.4 Å². The summed E-state index contributed by atoms with van der Waals surface area (Å²) in [6.45, 7) is 2.52. The van der Waals surface area contributed by atoms with Gasteiger partial charge in [-0.15, -0.1) is 0 Å². The third kappa shape index (κ3) is 4.15. The lowest BCUT2D eigenvalue weighted by molar-refractivity contribution is -0.130. The number of halogens is 2. The highest BCUT2D eigenvalue weighted by Crippen LogP contribution is 2.49. The predicted octanol–water partition coefficient (Wildman–Crippen LogP) is 3.10. The number of nitrogens with one attached hydrogen (secondary N) is 2. The van der Waals surface area contributed by atoms with Crippen molar-refractivity contribution in [1.29, 1.82) is 0 Å². The van der Waals surface area contributed by atoms with Crippen LogP contribution >= 0.6 is 11.6 Å². The number of benzene rings is 2. The van der Waals surface area contributed by atoms with Gasteiger partial charge in [0.1, 0.15) is 29.8 Å². The molecule has 2 N–H and O–H groups in total. The molecule has 35 heavy (non-hydrogen) atoms. The largest absolute Gasteiger partial charge is 0.492 e. The predicted molar refractivity (Wildman–Crippen MR) is 132 cm³/mol. The van der Waals surface area contributed by atoms with Crippen molar-refractivity contribution in [3.63, 3.8) is 0 Å². The average Bonchev–Trinajstić information content (AvgIpc) is 3.41. The molecule has 1 saturated heterocycles. The number of likely N-dealkylation sites (N-methyl/N-ethyl adjacent to an activating group) is 1. The highest BCUT2D eigenvalue weighted by Gasteiger charge is 2.57. The molecule has 2 atom stereocenters. The van der Waals surface area contributed by atoms with E-state index in [1.54, 1.807) is 24.1 Å². The number of carbonyl (C=O) groups is 1. The van der Waals surface area contributed by atoms with Crippen LogP contribution in [0, 0.1) is 11.7 Å². The van der Waals surface area contributed by atoms with Crippen LogP contribution in [0.15, 0.2) is 59.0 Å². The number of hydrogen-bond donors (Lipinski definition) is 2. The number of carbonyl (C=O) groups excluding carboxylic acids is 1. The molecule has 2 aromatic carbocycles. The molecule has 2 unspecified atom stereocenters. The first-order valence-electron chi connectivity index (χ1n) is 11.9. The summed E-state index contributed by atoms with van der Waals surface area (Å²) in [6, 6.07) is 12.5. The minimum Gasteiger partial charge on any atom is -0.492 e. The van der Waals surface area contributed by atoms with Gasteiger partial charge in [-0.25, -0.2) is 4.39 Å². The van der Waals surface area contributed by atoms with Crippen LogP contribution in [0.2, 0.25) is 5.02 Å². The highest BCUT2D eigenvalue weighted by molar-refractivity contribution is 6.30. The Morgan fingerprint density at radius 3 is 2.80 bits per heavy atom. The molecular weight excluding hydrogens is 469 g/mol. The summed E-state index contributed by atoms with van der Waals surface area (Å²) in [6.07, 6.45) is 2.45. The van der Waals surface area contributed by atoms with E-state index in [9.17, 15) is 9.18 Å². The summed E-state index contributed by atoms with van der Waals surface area (Å²) in [5.41, 5.74) is 2.35. The van der Waals surface area contributed by atoms with E-state index in [0.717, 1.165) is 35.3 Å². The van der Waals surface area contributed by atoms with E-state index < -0.39 is 5.82 Å². The van der Waals surface area contributed by atoms with Crippen LogP contribution < -0.4 is 15.4 Å². The molecule has 182 valence electrons. The zero-order valence-corrected chi connectivity index (χ0v) is 20.2. The average molecular weight is 496 g/mol. The van der Waals surface area contributed by atoms with Crippen LogP contribution in [-0.4, -0.2) is 60.4 Å². The Kier molecular flexibility index (Phi) is 5.45. The van der Waals surface area contributed by atoms with Gasteiger partial charge in [-0.1, -0.05) is 17.7 Å². The first-order chi connectivity index (χ1) is 16.9. The Balaban J connectivity index is 1.17. The van der Waals surface area contributed by atoms with Crippen molar-refractivity contribution >= 4 is 23.3 Å². The quantitative estimate of drug-likeness (QED) is 0.644. The Labute approximate surface area is 208 Å². The van der Waals surface area contributed by atoms with Gasteiger partial charge in [0.15, 0.2) is 0 Å². The molecule has 0 spiro atoms. The fourth-order valence-corrected chi connectivity index (χ4v) is 5.41. The standard InChI is InChI=1S/C26H27ClFN5O2/c1-32-22-12-29-24(16-3-6-20(7-4-16)35-15-26-11-18(26)8-9-30-26)31-25(22)33(14-23(32)34)13-17-2-5-19(27)10-21(17)28/h2-7,10,18,30H,8-9,11-15H2,1H3,(H,29,31). The van der Waals surface area contributed by atoms with Gasteiger partial charge in [0.2, 0.25) is 5.91 Å². The van der Waals surface area contributed by atoms with Crippen molar-refractivity contribution in [2.45, 2.75) is 24.9 Å². The molecule has 4 aliphatic rings. The highest BCUT2D eigenvalue weighted by atomic mass is 35.5. The van der Waals surface area contributed by atoms with E-state index in [4.69, 9.17) is 16.3 Å². The van der Waals surface area contributed by atoms with Gasteiger partial charge in [0, 0.05) is 29.7 Å². The zero-order valence-electron chi connectivity index (χ0n) is 19.5. The van der Waals surface area contributed by atoms with Crippen LogP contribution in [0.5, 0.6) is 5.75 Å². The fourth-order valence-electron chi connectivity index (χ4n) is 5.25. The minimum absolute atomic E-state index is 0.0609. The van der Waals surface area contributed by atoms with Crippen LogP contribution in [0.1, 0.15) is 24.0 Å². The van der Waals surface area contributed by atoms with Gasteiger partial charge < -0.3 is 25.2 Å². The number of nitrogens with zero attached hydrogens (tertiary/aromatic N) is 3. The molecule has 3 heterocycles. The molecule has 0 radical (unpaired) electrons. The number of amides is 1. The van der Waals surface area contributed by atoms with E-state index in [-0.39, 0.29) is 24.5 Å². The molecule has 2 fully saturated rings. The number of amidine groups is 1. The van der Waals surface area contributed by atoms with Crippen molar-refractivity contribution in [2.75, 3.05) is 33.3 Å². The SMILES string of the molecule is CN1C(=O)CN(Cc2ccc(Cl)cc2F)C2=C1CN=C(c1ccc(OCC34CC3CCN4)cc1)N2. The Hall–Kier alpha value is -3.10. The van der Waals surface area contributed by atoms with Gasteiger partial charge in [0.25, 0.3) is 0 Å². The van der Waals surface area contributed by atoms with Crippen LogP contribution in [0.4, 0.5) is 4.39 Å². The Morgan fingerprint density at radius 2 is 2.09 bits per heavy atom. The van der Waals surface area contributed by atoms with E-state index in [0.29, 0.717) is 29.6 Å². The van der Waals surface area contributed by atoms with Crippen molar-refractivity contribution in [2.24, 2.45) is 10.9 Å². The molecular formula is C26H27ClFN5O2. The van der Waals surface area contributed by atoms with Crippen LogP contribution in [-0.2, 0) is 11.3 Å². The van der Waals surface area contributed by atoms with Crippen molar-refractivity contribution < 1.29 is 13.9 Å². The number of rotatable bonds is 6. The zero-order chi connectivity index (χ0) is 24.2. The summed E-state index contributed by atoms with van der Waals surface area (Å²) < 4.78 is 20.6. The summed E-state index contributed by atoms with van der Waals surface area (Å²) in [4.78, 5) is 20.8. The third-order valence-corrected chi connectivity index (χ3v) is 7.76. The van der Waals surface area contributed by atoms with Crippen LogP contribution in [0.3, 0.4) is 0 Å². The summed E-state index contributed by atoms with van der Waals surface area (Å²) in [5, 5.41) is 7.32. The normalized spacial score (nSPS) is 25.2. The summed E-state index contributed by atoms with van der Waals surface area (Å²) in [7, 11) is 1.75. The van der Waals surface area contributed by atoms with Crippen molar-refractivity contribution in [3.05, 3.63) is 75.9 Å². The maximum absolute atomic E-state index is 14.5. The molecule has 6 rings (SSSR count). The molecule has 2 aromatic rings. The number of hydrogen-bond acceptors (Lipinski definition) is 6. The Morgan fingerprint density at radius 1 is 1.26 bits per heavy atom. The maximum Gasteiger partial charge on any atom is 0.246 e. The first kappa shape index (κ1) is 22.4. The van der Waals surface area contributed by atoms with E-state index >= 15 is 0 Å². The van der Waals surface area contributed by atoms with Crippen molar-refractivity contribution in [3.8, 4) is 5.75 Å².